The first-order valence-corrected chi connectivity index (χ1v) is 16.1. The highest BCUT2D eigenvalue weighted by Gasteiger charge is 2.64. The average Bonchev–Trinajstić information content (AvgIpc) is 2.89. The van der Waals surface area contributed by atoms with Crippen molar-refractivity contribution in [3.05, 3.63) is 35.4 Å². The predicted octanol–water partition coefficient (Wildman–Crippen LogP) is 4.44. The lowest BCUT2D eigenvalue weighted by Crippen LogP contribution is -2.64. The first-order chi connectivity index (χ1) is 18.2. The summed E-state index contributed by atoms with van der Waals surface area (Å²) in [5.74, 6) is 1.74. The van der Waals surface area contributed by atoms with Gasteiger partial charge >= 0.3 is 0 Å². The van der Waals surface area contributed by atoms with Gasteiger partial charge in [0.15, 0.2) is 0 Å². The van der Waals surface area contributed by atoms with E-state index in [1.807, 2.05) is 0 Å². The molecular formula is C28H41NO8S. The average molecular weight is 552 g/mol. The first kappa shape index (κ1) is 27.1. The van der Waals surface area contributed by atoms with Crippen LogP contribution < -0.4 is 0 Å². The molecule has 0 aromatic heterocycles. The van der Waals surface area contributed by atoms with Gasteiger partial charge in [-0.05, 0) is 73.8 Å². The molecule has 0 unspecified atom stereocenters. The fourth-order valence-corrected chi connectivity index (χ4v) is 7.89. The van der Waals surface area contributed by atoms with Crippen LogP contribution in [0.25, 0.3) is 0 Å². The minimum Gasteiger partial charge on any atom is -0.379 e. The zero-order valence-electron chi connectivity index (χ0n) is 22.3. The summed E-state index contributed by atoms with van der Waals surface area (Å²) in [5, 5.41) is 0. The van der Waals surface area contributed by atoms with Crippen molar-refractivity contribution in [3.8, 4) is 0 Å². The molecule has 2 spiro atoms. The van der Waals surface area contributed by atoms with Crippen molar-refractivity contribution in [1.82, 2.24) is 4.90 Å². The molecule has 0 amide bonds. The molecule has 2 heterocycles. The fraction of sp³-hybridized carbons (Fsp3) is 0.786. The highest BCUT2D eigenvalue weighted by Crippen LogP contribution is 2.62. The van der Waals surface area contributed by atoms with Crippen LogP contribution in [0.5, 0.6) is 0 Å². The van der Waals surface area contributed by atoms with E-state index >= 15 is 0 Å². The quantitative estimate of drug-likeness (QED) is 0.431. The van der Waals surface area contributed by atoms with Crippen LogP contribution in [0.1, 0.15) is 74.8 Å². The summed E-state index contributed by atoms with van der Waals surface area (Å²) in [6.45, 7) is 4.77. The number of hydrogen-bond acceptors (Lipinski definition) is 8. The maximum atomic E-state index is 9.19. The Balaban J connectivity index is 0.000000487. The van der Waals surface area contributed by atoms with E-state index in [4.69, 9.17) is 28.8 Å². The van der Waals surface area contributed by atoms with Crippen molar-refractivity contribution >= 4 is 10.1 Å². The summed E-state index contributed by atoms with van der Waals surface area (Å²) in [5.41, 5.74) is 2.81. The van der Waals surface area contributed by atoms with Crippen LogP contribution in [0.3, 0.4) is 0 Å². The molecule has 1 aromatic carbocycles. The van der Waals surface area contributed by atoms with Crippen molar-refractivity contribution in [2.75, 3.05) is 32.6 Å². The van der Waals surface area contributed by atoms with E-state index in [2.05, 4.69) is 29.2 Å². The Bertz CT molecular complexity index is 1010. The molecule has 10 heteroatoms. The topological polar surface area (TPSA) is 104 Å². The second-order valence-electron chi connectivity index (χ2n) is 12.4. The van der Waals surface area contributed by atoms with Gasteiger partial charge in [0.1, 0.15) is 0 Å². The van der Waals surface area contributed by atoms with Crippen LogP contribution in [0.2, 0.25) is 0 Å². The van der Waals surface area contributed by atoms with Crippen molar-refractivity contribution in [3.63, 3.8) is 0 Å². The van der Waals surface area contributed by atoms with Gasteiger partial charge in [-0.3, -0.25) is 9.45 Å². The zero-order valence-corrected chi connectivity index (χ0v) is 23.1. The van der Waals surface area contributed by atoms with Crippen LogP contribution in [0.4, 0.5) is 0 Å². The van der Waals surface area contributed by atoms with Crippen LogP contribution in [-0.2, 0) is 41.0 Å². The summed E-state index contributed by atoms with van der Waals surface area (Å²) in [6.07, 6.45) is 10.6. The molecule has 7 fully saturated rings. The molecule has 1 aromatic rings. The van der Waals surface area contributed by atoms with Gasteiger partial charge in [-0.25, -0.2) is 0 Å². The third-order valence-electron chi connectivity index (χ3n) is 9.63. The highest BCUT2D eigenvalue weighted by atomic mass is 32.2. The van der Waals surface area contributed by atoms with E-state index in [1.54, 1.807) is 0 Å². The second kappa shape index (κ2) is 10.7. The van der Waals surface area contributed by atoms with E-state index in [9.17, 15) is 8.42 Å². The standard InChI is InChI=1S/C27H37NO5.CH4O3S/c1-3-22(4-2-19(1)18-28-9-11-29-12-10-28)23-5-7-26(8-6-23)30-32-27(33-31-26)24-14-20-13-21(16-24)17-25(27)15-20;1-5(2,3)4/h1-4,20-21,23-25H,5-18H2;1H3,(H,2,3,4). The largest absolute Gasteiger partial charge is 0.379 e. The van der Waals surface area contributed by atoms with Gasteiger partial charge in [0, 0.05) is 44.3 Å². The molecule has 8 rings (SSSR count). The summed E-state index contributed by atoms with van der Waals surface area (Å²) in [4.78, 5) is 27.1. The number of rotatable bonds is 3. The molecule has 38 heavy (non-hydrogen) atoms. The maximum Gasteiger partial charge on any atom is 0.261 e. The van der Waals surface area contributed by atoms with Gasteiger partial charge in [-0.2, -0.15) is 28.0 Å². The maximum absolute atomic E-state index is 9.19. The SMILES string of the molecule is CS(=O)(=O)O.c1cc(C2CCC3(CC2)OOC2(OO3)C3CC4CC(C3)CC2C4)ccc1CN1CCOCC1. The molecule has 9 nitrogen and oxygen atoms in total. The number of benzene rings is 1. The molecule has 1 N–H and O–H groups in total. The molecule has 5 saturated carbocycles. The number of hydrogen-bond donors (Lipinski definition) is 1. The van der Waals surface area contributed by atoms with E-state index in [1.165, 1.54) is 43.2 Å². The second-order valence-corrected chi connectivity index (χ2v) is 13.9. The van der Waals surface area contributed by atoms with Gasteiger partial charge in [-0.1, -0.05) is 24.3 Å². The molecule has 2 saturated heterocycles. The molecule has 0 atom stereocenters. The van der Waals surface area contributed by atoms with Crippen molar-refractivity contribution in [2.24, 2.45) is 23.7 Å². The first-order valence-electron chi connectivity index (χ1n) is 14.2. The Morgan fingerprint density at radius 3 is 1.92 bits per heavy atom. The molecule has 5 aliphatic carbocycles. The predicted molar refractivity (Wildman–Crippen MR) is 138 cm³/mol. The fourth-order valence-electron chi connectivity index (χ4n) is 7.89. The van der Waals surface area contributed by atoms with Crippen LogP contribution in [-0.4, -0.2) is 62.0 Å². The van der Waals surface area contributed by atoms with Crippen molar-refractivity contribution < 1.29 is 37.3 Å². The lowest BCUT2D eigenvalue weighted by atomic mass is 9.53. The van der Waals surface area contributed by atoms with Gasteiger partial charge in [0.2, 0.25) is 11.6 Å². The Morgan fingerprint density at radius 1 is 0.868 bits per heavy atom. The van der Waals surface area contributed by atoms with Gasteiger partial charge < -0.3 is 4.74 Å². The molecular weight excluding hydrogens is 510 g/mol. The Morgan fingerprint density at radius 2 is 1.39 bits per heavy atom. The molecule has 0 radical (unpaired) electrons. The Kier molecular flexibility index (Phi) is 7.63. The van der Waals surface area contributed by atoms with Crippen molar-refractivity contribution in [1.29, 1.82) is 0 Å². The van der Waals surface area contributed by atoms with E-state index in [0.29, 0.717) is 24.0 Å². The normalized spacial score (nSPS) is 40.7. The monoisotopic (exact) mass is 551 g/mol. The van der Waals surface area contributed by atoms with Crippen LogP contribution in [0, 0.1) is 23.7 Å². The van der Waals surface area contributed by atoms with E-state index in [0.717, 1.165) is 70.4 Å². The van der Waals surface area contributed by atoms with Crippen LogP contribution >= 0.6 is 0 Å². The summed E-state index contributed by atoms with van der Waals surface area (Å²) < 4.78 is 31.3. The minimum absolute atomic E-state index is 0.429. The summed E-state index contributed by atoms with van der Waals surface area (Å²) in [6, 6.07) is 9.23. The zero-order chi connectivity index (χ0) is 26.4. The lowest BCUT2D eigenvalue weighted by Gasteiger charge is -2.60. The lowest BCUT2D eigenvalue weighted by molar-refractivity contribution is -0.680. The Hall–Kier alpha value is -1.11. The molecule has 212 valence electrons. The van der Waals surface area contributed by atoms with Crippen molar-refractivity contribution in [2.45, 2.75) is 81.8 Å². The number of nitrogens with zero attached hydrogens (tertiary/aromatic N) is 1. The van der Waals surface area contributed by atoms with Gasteiger partial charge in [-0.15, -0.1) is 0 Å². The summed E-state index contributed by atoms with van der Waals surface area (Å²) in [7, 11) is -3.67. The smallest absolute Gasteiger partial charge is 0.261 e. The number of ether oxygens (including phenoxy) is 1. The highest BCUT2D eigenvalue weighted by molar-refractivity contribution is 7.85. The van der Waals surface area contributed by atoms with Gasteiger partial charge in [0.25, 0.3) is 10.1 Å². The van der Waals surface area contributed by atoms with E-state index < -0.39 is 21.7 Å². The van der Waals surface area contributed by atoms with Gasteiger partial charge in [0.05, 0.1) is 19.5 Å². The Labute approximate surface area is 225 Å². The summed E-state index contributed by atoms with van der Waals surface area (Å²) >= 11 is 0. The molecule has 2 aliphatic heterocycles. The molecule has 4 bridgehead atoms. The third kappa shape index (κ3) is 5.83. The van der Waals surface area contributed by atoms with E-state index in [-0.39, 0.29) is 0 Å². The molecule has 7 aliphatic rings. The third-order valence-corrected chi connectivity index (χ3v) is 9.63. The minimum atomic E-state index is -3.67. The number of morpholine rings is 1. The van der Waals surface area contributed by atoms with Crippen LogP contribution in [0.15, 0.2) is 24.3 Å².